The fraction of sp³-hybridized carbons (Fsp3) is 0.111. The van der Waals surface area contributed by atoms with Crippen molar-refractivity contribution in [3.05, 3.63) is 66.7 Å². The second-order valence-electron chi connectivity index (χ2n) is 5.35. The molecule has 23 heavy (non-hydrogen) atoms. The van der Waals surface area contributed by atoms with E-state index in [-0.39, 0.29) is 62.9 Å². The van der Waals surface area contributed by atoms with Crippen LogP contribution in [0.3, 0.4) is 0 Å². The summed E-state index contributed by atoms with van der Waals surface area (Å²) in [5.74, 6) is 0. The van der Waals surface area contributed by atoms with E-state index in [4.69, 9.17) is 4.18 Å². The zero-order chi connectivity index (χ0) is 15.7. The molecule has 114 valence electrons. The van der Waals surface area contributed by atoms with Crippen LogP contribution in [0.4, 0.5) is 0 Å². The number of fused-ring (bicyclic) bond motifs is 2. The van der Waals surface area contributed by atoms with Gasteiger partial charge in [-0.25, -0.2) is 0 Å². The predicted molar refractivity (Wildman–Crippen MR) is 96.6 cm³/mol. The molecule has 0 saturated carbocycles. The third kappa shape index (κ3) is 4.11. The van der Waals surface area contributed by atoms with Crippen molar-refractivity contribution < 1.29 is 12.6 Å². The summed E-state index contributed by atoms with van der Waals surface area (Å²) in [5, 5.41) is 3.62. The third-order valence-electron chi connectivity index (χ3n) is 3.44. The van der Waals surface area contributed by atoms with E-state index < -0.39 is 10.1 Å². The molecule has 0 atom stereocenters. The second-order valence-corrected chi connectivity index (χ2v) is 6.93. The Bertz CT molecular complexity index is 978. The Morgan fingerprint density at radius 1 is 1.00 bits per heavy atom. The van der Waals surface area contributed by atoms with Crippen molar-refractivity contribution in [3.8, 4) is 0 Å². The van der Waals surface area contributed by atoms with E-state index in [0.717, 1.165) is 16.2 Å². The quantitative estimate of drug-likeness (QED) is 0.312. The summed E-state index contributed by atoms with van der Waals surface area (Å²) < 4.78 is 29.9. The van der Waals surface area contributed by atoms with Gasteiger partial charge in [-0.05, 0) is 41.3 Å². The van der Waals surface area contributed by atoms with Crippen LogP contribution in [-0.2, 0) is 14.3 Å². The Hall–Kier alpha value is -0.534. The molecule has 0 unspecified atom stereocenters. The first-order valence-electron chi connectivity index (χ1n) is 6.93. The van der Waals surface area contributed by atoms with Crippen LogP contribution in [0.15, 0.2) is 71.6 Å². The summed E-state index contributed by atoms with van der Waals surface area (Å²) in [7, 11) is -3.81. The van der Waals surface area contributed by atoms with Gasteiger partial charge in [0.25, 0.3) is 10.1 Å². The number of rotatable bonds is 4. The Kier molecular flexibility index (Phi) is 6.19. The van der Waals surface area contributed by atoms with E-state index in [2.05, 4.69) is 6.58 Å². The van der Waals surface area contributed by atoms with Crippen molar-refractivity contribution in [1.82, 2.24) is 0 Å². The molecule has 3 nitrogen and oxygen atoms in total. The molecule has 0 aliphatic carbocycles. The Morgan fingerprint density at radius 2 is 1.61 bits per heavy atom. The zero-order valence-electron chi connectivity index (χ0n) is 12.2. The van der Waals surface area contributed by atoms with Gasteiger partial charge in [-0.2, -0.15) is 8.42 Å². The molecule has 3 aromatic carbocycles. The average molecular weight is 352 g/mol. The van der Waals surface area contributed by atoms with Gasteiger partial charge >= 0.3 is 51.4 Å². The van der Waals surface area contributed by atoms with E-state index >= 15 is 0 Å². The van der Waals surface area contributed by atoms with Crippen molar-refractivity contribution in [3.63, 3.8) is 0 Å². The summed E-state index contributed by atoms with van der Waals surface area (Å²) in [5.41, 5.74) is 0.661. The van der Waals surface area contributed by atoms with E-state index in [1.54, 1.807) is 19.1 Å². The third-order valence-corrected chi connectivity index (χ3v) is 4.76. The first-order valence-corrected chi connectivity index (χ1v) is 8.33. The molecule has 3 rings (SSSR count). The summed E-state index contributed by atoms with van der Waals surface area (Å²) in [6, 6.07) is 17.0. The summed E-state index contributed by atoms with van der Waals surface area (Å²) >= 11 is 0. The first kappa shape index (κ1) is 18.8. The van der Waals surface area contributed by atoms with Crippen molar-refractivity contribution in [2.45, 2.75) is 11.8 Å². The Labute approximate surface area is 178 Å². The molecule has 0 bridgehead atoms. The second kappa shape index (κ2) is 7.57. The number of hydrogen-bond donors (Lipinski definition) is 0. The standard InChI is InChI=1S/C18H16O3S.K.H/c1-13(2)12-21-22(19,20)18-9-5-8-16-10-14-6-3-4-7-15(14)11-17(16)18;;/h3-11H,1,12H2,2H3;;. The molecule has 0 aliphatic heterocycles. The van der Waals surface area contributed by atoms with Gasteiger partial charge in [0.2, 0.25) is 0 Å². The monoisotopic (exact) mass is 352 g/mol. The molecule has 0 saturated heterocycles. The topological polar surface area (TPSA) is 43.4 Å². The van der Waals surface area contributed by atoms with Gasteiger partial charge < -0.3 is 0 Å². The normalized spacial score (nSPS) is 11.3. The van der Waals surface area contributed by atoms with Gasteiger partial charge in [-0.1, -0.05) is 48.6 Å². The number of benzene rings is 3. The van der Waals surface area contributed by atoms with Gasteiger partial charge in [0.05, 0.1) is 6.61 Å². The van der Waals surface area contributed by atoms with Crippen LogP contribution in [-0.4, -0.2) is 66.4 Å². The molecular weight excluding hydrogens is 335 g/mol. The van der Waals surface area contributed by atoms with Gasteiger partial charge in [-0.15, -0.1) is 0 Å². The van der Waals surface area contributed by atoms with Gasteiger partial charge in [0, 0.05) is 5.39 Å². The van der Waals surface area contributed by atoms with E-state index in [9.17, 15) is 8.42 Å². The van der Waals surface area contributed by atoms with Crippen molar-refractivity contribution in [1.29, 1.82) is 0 Å². The SMILES string of the molecule is C=C(C)COS(=O)(=O)c1cccc2cc3ccccc3cc12.[KH]. The first-order chi connectivity index (χ1) is 10.5. The molecule has 0 heterocycles. The molecule has 0 aromatic heterocycles. The minimum atomic E-state index is -3.81. The van der Waals surface area contributed by atoms with Crippen LogP contribution in [0.5, 0.6) is 0 Å². The zero-order valence-corrected chi connectivity index (χ0v) is 13.1. The molecule has 0 spiro atoms. The van der Waals surface area contributed by atoms with E-state index in [0.29, 0.717) is 11.0 Å². The Balaban J connectivity index is 0.00000192. The molecule has 5 heteroatoms. The van der Waals surface area contributed by atoms with Crippen molar-refractivity contribution >= 4 is 83.0 Å². The maximum absolute atomic E-state index is 12.4. The fourth-order valence-corrected chi connectivity index (χ4v) is 3.57. The van der Waals surface area contributed by atoms with Gasteiger partial charge in [-0.3, -0.25) is 4.18 Å². The molecule has 0 radical (unpaired) electrons. The van der Waals surface area contributed by atoms with Crippen molar-refractivity contribution in [2.24, 2.45) is 0 Å². The van der Waals surface area contributed by atoms with E-state index in [1.165, 1.54) is 0 Å². The fourth-order valence-electron chi connectivity index (χ4n) is 2.40. The Morgan fingerprint density at radius 3 is 2.26 bits per heavy atom. The summed E-state index contributed by atoms with van der Waals surface area (Å²) in [6.07, 6.45) is 0. The average Bonchev–Trinajstić information content (AvgIpc) is 2.50. The molecule has 0 amide bonds. The van der Waals surface area contributed by atoms with E-state index in [1.807, 2.05) is 42.5 Å². The maximum atomic E-state index is 12.4. The van der Waals surface area contributed by atoms with Crippen LogP contribution < -0.4 is 0 Å². The molecule has 0 aliphatic rings. The van der Waals surface area contributed by atoms with Crippen LogP contribution in [0.2, 0.25) is 0 Å². The van der Waals surface area contributed by atoms with Crippen LogP contribution in [0, 0.1) is 0 Å². The molecular formula is C18H17KO3S. The van der Waals surface area contributed by atoms with Crippen molar-refractivity contribution in [2.75, 3.05) is 6.61 Å². The molecule has 0 N–H and O–H groups in total. The van der Waals surface area contributed by atoms with Crippen LogP contribution in [0.25, 0.3) is 21.5 Å². The van der Waals surface area contributed by atoms with Gasteiger partial charge in [0.15, 0.2) is 0 Å². The van der Waals surface area contributed by atoms with Crippen LogP contribution >= 0.6 is 0 Å². The van der Waals surface area contributed by atoms with Crippen LogP contribution in [0.1, 0.15) is 6.92 Å². The predicted octanol–water partition coefficient (Wildman–Crippen LogP) is 3.63. The summed E-state index contributed by atoms with van der Waals surface area (Å²) in [4.78, 5) is 0.192. The molecule has 3 aromatic rings. The number of hydrogen-bond acceptors (Lipinski definition) is 3. The van der Waals surface area contributed by atoms with Gasteiger partial charge in [0.1, 0.15) is 4.90 Å². The summed E-state index contributed by atoms with van der Waals surface area (Å²) in [6.45, 7) is 5.39. The molecule has 0 fully saturated rings. The minimum absolute atomic E-state index is 0.